The first-order valence-corrected chi connectivity index (χ1v) is 8.41. The number of hydrogen-bond acceptors (Lipinski definition) is 2. The highest BCUT2D eigenvalue weighted by molar-refractivity contribution is 5.79. The molecule has 3 rings (SSSR count). The molecule has 1 aliphatic rings. The van der Waals surface area contributed by atoms with E-state index in [2.05, 4.69) is 0 Å². The molecule has 1 fully saturated rings. The van der Waals surface area contributed by atoms with Gasteiger partial charge in [-0.25, -0.2) is 4.39 Å². The predicted molar refractivity (Wildman–Crippen MR) is 90.8 cm³/mol. The fourth-order valence-corrected chi connectivity index (χ4v) is 3.30. The summed E-state index contributed by atoms with van der Waals surface area (Å²) in [5.74, 6) is -0.155. The largest absolute Gasteiger partial charge is 0.392 e. The van der Waals surface area contributed by atoms with Gasteiger partial charge in [-0.15, -0.1) is 0 Å². The van der Waals surface area contributed by atoms with E-state index in [0.717, 1.165) is 42.5 Å². The van der Waals surface area contributed by atoms with E-state index in [1.165, 1.54) is 12.1 Å². The van der Waals surface area contributed by atoms with Crippen LogP contribution in [-0.4, -0.2) is 22.5 Å². The zero-order chi connectivity index (χ0) is 16.9. The molecular formula is C20H22FNO2. The van der Waals surface area contributed by atoms with Gasteiger partial charge in [0.15, 0.2) is 0 Å². The summed E-state index contributed by atoms with van der Waals surface area (Å²) < 4.78 is 13.2. The van der Waals surface area contributed by atoms with Crippen molar-refractivity contribution >= 4 is 5.91 Å². The lowest BCUT2D eigenvalue weighted by atomic mass is 9.94. The van der Waals surface area contributed by atoms with Crippen molar-refractivity contribution in [3.63, 3.8) is 0 Å². The maximum absolute atomic E-state index is 13.2. The van der Waals surface area contributed by atoms with E-state index in [1.807, 2.05) is 29.2 Å². The van der Waals surface area contributed by atoms with Crippen LogP contribution < -0.4 is 0 Å². The molecule has 0 aliphatic carbocycles. The summed E-state index contributed by atoms with van der Waals surface area (Å²) in [5, 5.41) is 9.09. The summed E-state index contributed by atoms with van der Waals surface area (Å²) in [6.45, 7) is 0.753. The van der Waals surface area contributed by atoms with E-state index in [9.17, 15) is 9.18 Å². The molecule has 0 radical (unpaired) electrons. The normalized spacial score (nSPS) is 17.8. The zero-order valence-corrected chi connectivity index (χ0v) is 13.6. The van der Waals surface area contributed by atoms with Crippen LogP contribution in [0.15, 0.2) is 48.5 Å². The van der Waals surface area contributed by atoms with Crippen LogP contribution in [0.2, 0.25) is 0 Å². The Bertz CT molecular complexity index is 682. The number of carbonyl (C=O) groups excluding carboxylic acids is 1. The Morgan fingerprint density at radius 2 is 1.71 bits per heavy atom. The van der Waals surface area contributed by atoms with Gasteiger partial charge in [0.05, 0.1) is 19.1 Å². The highest BCUT2D eigenvalue weighted by Gasteiger charge is 2.27. The van der Waals surface area contributed by atoms with Crippen molar-refractivity contribution in [2.45, 2.75) is 38.3 Å². The van der Waals surface area contributed by atoms with E-state index >= 15 is 0 Å². The Kier molecular flexibility index (Phi) is 5.26. The number of aliphatic hydroxyl groups is 1. The minimum absolute atomic E-state index is 0.00694. The summed E-state index contributed by atoms with van der Waals surface area (Å²) in [5.41, 5.74) is 2.79. The smallest absolute Gasteiger partial charge is 0.227 e. The monoisotopic (exact) mass is 327 g/mol. The van der Waals surface area contributed by atoms with Gasteiger partial charge in [0.1, 0.15) is 5.82 Å². The molecular weight excluding hydrogens is 305 g/mol. The van der Waals surface area contributed by atoms with Gasteiger partial charge in [-0.1, -0.05) is 36.4 Å². The third-order valence-electron chi connectivity index (χ3n) is 4.64. The molecule has 0 bridgehead atoms. The molecule has 1 N–H and O–H groups in total. The van der Waals surface area contributed by atoms with Gasteiger partial charge in [0, 0.05) is 6.54 Å². The van der Waals surface area contributed by atoms with Crippen molar-refractivity contribution in [2.75, 3.05) is 6.54 Å². The van der Waals surface area contributed by atoms with Crippen LogP contribution in [0.5, 0.6) is 0 Å². The third-order valence-corrected chi connectivity index (χ3v) is 4.64. The number of benzene rings is 2. The zero-order valence-electron chi connectivity index (χ0n) is 13.6. The second-order valence-electron chi connectivity index (χ2n) is 6.30. The van der Waals surface area contributed by atoms with Crippen LogP contribution in [0.3, 0.4) is 0 Å². The van der Waals surface area contributed by atoms with Gasteiger partial charge in [-0.3, -0.25) is 4.79 Å². The van der Waals surface area contributed by atoms with Crippen molar-refractivity contribution in [3.8, 4) is 0 Å². The van der Waals surface area contributed by atoms with E-state index in [1.54, 1.807) is 12.1 Å². The minimum Gasteiger partial charge on any atom is -0.392 e. The van der Waals surface area contributed by atoms with E-state index in [4.69, 9.17) is 5.11 Å². The highest BCUT2D eigenvalue weighted by atomic mass is 19.1. The molecule has 1 heterocycles. The molecule has 1 amide bonds. The van der Waals surface area contributed by atoms with E-state index in [-0.39, 0.29) is 24.4 Å². The average Bonchev–Trinajstić information content (AvgIpc) is 2.63. The van der Waals surface area contributed by atoms with Gasteiger partial charge in [-0.2, -0.15) is 0 Å². The fourth-order valence-electron chi connectivity index (χ4n) is 3.30. The van der Waals surface area contributed by atoms with Crippen molar-refractivity contribution in [3.05, 3.63) is 71.0 Å². The maximum Gasteiger partial charge on any atom is 0.227 e. The summed E-state index contributed by atoms with van der Waals surface area (Å²) in [6, 6.07) is 14.0. The Morgan fingerprint density at radius 3 is 2.38 bits per heavy atom. The van der Waals surface area contributed by atoms with Gasteiger partial charge >= 0.3 is 0 Å². The molecule has 126 valence electrons. The van der Waals surface area contributed by atoms with Crippen LogP contribution in [0, 0.1) is 5.82 Å². The van der Waals surface area contributed by atoms with Crippen molar-refractivity contribution in [1.82, 2.24) is 4.90 Å². The lowest BCUT2D eigenvalue weighted by Crippen LogP contribution is -2.39. The van der Waals surface area contributed by atoms with Gasteiger partial charge in [0.2, 0.25) is 5.91 Å². The number of nitrogens with zero attached hydrogens (tertiary/aromatic N) is 1. The van der Waals surface area contributed by atoms with Crippen LogP contribution >= 0.6 is 0 Å². The van der Waals surface area contributed by atoms with Crippen LogP contribution in [0.1, 0.15) is 42.0 Å². The summed E-state index contributed by atoms with van der Waals surface area (Å²) in [7, 11) is 0. The van der Waals surface area contributed by atoms with E-state index in [0.29, 0.717) is 6.42 Å². The number of likely N-dealkylation sites (tertiary alicyclic amines) is 1. The lowest BCUT2D eigenvalue weighted by molar-refractivity contribution is -0.134. The quantitative estimate of drug-likeness (QED) is 0.932. The lowest BCUT2D eigenvalue weighted by Gasteiger charge is -2.36. The maximum atomic E-state index is 13.2. The standard InChI is InChI=1S/C20H22FNO2/c21-18-10-8-17(9-11-18)19-3-1-2-12-22(19)20(24)13-15-4-6-16(14-23)7-5-15/h4-11,19,23H,1-3,12-14H2/t19-/m1/s1. The Morgan fingerprint density at radius 1 is 1.04 bits per heavy atom. The molecule has 1 saturated heterocycles. The predicted octanol–water partition coefficient (Wildman–Crippen LogP) is 3.61. The molecule has 1 atom stereocenters. The molecule has 0 unspecified atom stereocenters. The van der Waals surface area contributed by atoms with Crippen molar-refractivity contribution < 1.29 is 14.3 Å². The van der Waals surface area contributed by atoms with E-state index < -0.39 is 0 Å². The number of halogens is 1. The molecule has 1 aliphatic heterocycles. The highest BCUT2D eigenvalue weighted by Crippen LogP contribution is 2.31. The summed E-state index contributed by atoms with van der Waals surface area (Å²) in [4.78, 5) is 14.7. The second kappa shape index (κ2) is 7.58. The molecule has 4 heteroatoms. The summed E-state index contributed by atoms with van der Waals surface area (Å²) in [6.07, 6.45) is 3.36. The number of piperidine rings is 1. The molecule has 0 aromatic heterocycles. The molecule has 2 aromatic rings. The minimum atomic E-state index is -0.253. The molecule has 0 saturated carbocycles. The number of aliphatic hydroxyl groups excluding tert-OH is 1. The third kappa shape index (κ3) is 3.82. The molecule has 0 spiro atoms. The van der Waals surface area contributed by atoms with Crippen molar-refractivity contribution in [2.24, 2.45) is 0 Å². The number of carbonyl (C=O) groups is 1. The number of rotatable bonds is 4. The first-order valence-electron chi connectivity index (χ1n) is 8.41. The van der Waals surface area contributed by atoms with Crippen LogP contribution in [0.25, 0.3) is 0 Å². The SMILES string of the molecule is O=C(Cc1ccc(CO)cc1)N1CCCC[C@@H]1c1ccc(F)cc1. The Labute approximate surface area is 141 Å². The molecule has 3 nitrogen and oxygen atoms in total. The molecule has 24 heavy (non-hydrogen) atoms. The average molecular weight is 327 g/mol. The van der Waals surface area contributed by atoms with Crippen LogP contribution in [0.4, 0.5) is 4.39 Å². The number of hydrogen-bond donors (Lipinski definition) is 1. The van der Waals surface area contributed by atoms with Crippen LogP contribution in [-0.2, 0) is 17.8 Å². The van der Waals surface area contributed by atoms with Gasteiger partial charge in [-0.05, 0) is 48.1 Å². The fraction of sp³-hybridized carbons (Fsp3) is 0.350. The first-order chi connectivity index (χ1) is 11.7. The number of amides is 1. The van der Waals surface area contributed by atoms with Gasteiger partial charge < -0.3 is 10.0 Å². The summed E-state index contributed by atoms with van der Waals surface area (Å²) >= 11 is 0. The van der Waals surface area contributed by atoms with Gasteiger partial charge in [0.25, 0.3) is 0 Å². The Hall–Kier alpha value is -2.20. The topological polar surface area (TPSA) is 40.5 Å². The Balaban J connectivity index is 1.74. The van der Waals surface area contributed by atoms with Crippen molar-refractivity contribution in [1.29, 1.82) is 0 Å². The first kappa shape index (κ1) is 16.7. The molecule has 2 aromatic carbocycles. The second-order valence-corrected chi connectivity index (χ2v) is 6.30.